The first-order valence-electron chi connectivity index (χ1n) is 7.47. The minimum Gasteiger partial charge on any atom is -0.481 e. The maximum absolute atomic E-state index is 14.5. The number of allylic oxidation sites excluding steroid dienone is 6. The summed E-state index contributed by atoms with van der Waals surface area (Å²) in [5.41, 5.74) is 0.940. The Bertz CT molecular complexity index is 719. The average Bonchev–Trinajstić information content (AvgIpc) is 3.24. The highest BCUT2D eigenvalue weighted by Crippen LogP contribution is 2.48. The van der Waals surface area contributed by atoms with Gasteiger partial charge in [-0.15, -0.1) is 0 Å². The van der Waals surface area contributed by atoms with Gasteiger partial charge in [-0.3, -0.25) is 4.79 Å². The summed E-state index contributed by atoms with van der Waals surface area (Å²) in [7, 11) is 0. The van der Waals surface area contributed by atoms with Crippen LogP contribution in [0, 0.1) is 11.2 Å². The Morgan fingerprint density at radius 2 is 1.95 bits per heavy atom. The van der Waals surface area contributed by atoms with E-state index < -0.39 is 11.4 Å². The number of rotatable bonds is 3. The highest BCUT2D eigenvalue weighted by molar-refractivity contribution is 5.85. The lowest BCUT2D eigenvalue weighted by Crippen LogP contribution is -2.19. The first-order valence-corrected chi connectivity index (χ1v) is 7.47. The van der Waals surface area contributed by atoms with Crippen molar-refractivity contribution >= 4 is 11.5 Å². The van der Waals surface area contributed by atoms with Gasteiger partial charge in [0.15, 0.2) is 0 Å². The van der Waals surface area contributed by atoms with Crippen LogP contribution in [0.1, 0.15) is 37.8 Å². The van der Waals surface area contributed by atoms with Gasteiger partial charge in [0.05, 0.1) is 5.41 Å². The molecular weight excluding hydrogens is 279 g/mol. The number of benzene rings is 1. The van der Waals surface area contributed by atoms with Crippen LogP contribution < -0.4 is 0 Å². The molecule has 0 aromatic heterocycles. The van der Waals surface area contributed by atoms with Gasteiger partial charge < -0.3 is 5.11 Å². The number of aliphatic carboxylic acids is 1. The number of halogens is 1. The van der Waals surface area contributed by atoms with Crippen molar-refractivity contribution in [1.29, 1.82) is 0 Å². The van der Waals surface area contributed by atoms with Crippen LogP contribution in [0.3, 0.4) is 0 Å². The lowest BCUT2D eigenvalue weighted by Gasteiger charge is -2.13. The van der Waals surface area contributed by atoms with Crippen molar-refractivity contribution in [3.63, 3.8) is 0 Å². The molecule has 3 rings (SSSR count). The van der Waals surface area contributed by atoms with E-state index in [1.807, 2.05) is 24.3 Å². The monoisotopic (exact) mass is 298 g/mol. The molecule has 0 heterocycles. The van der Waals surface area contributed by atoms with Crippen molar-refractivity contribution in [2.75, 3.05) is 0 Å². The molecule has 22 heavy (non-hydrogen) atoms. The lowest BCUT2D eigenvalue weighted by molar-refractivity contribution is -0.140. The number of hydrogen-bond donors (Lipinski definition) is 1. The zero-order valence-electron chi connectivity index (χ0n) is 12.8. The van der Waals surface area contributed by atoms with Crippen LogP contribution >= 0.6 is 0 Å². The van der Waals surface area contributed by atoms with E-state index in [1.54, 1.807) is 12.1 Å². The molecule has 0 unspecified atom stereocenters. The van der Waals surface area contributed by atoms with Gasteiger partial charge in [-0.1, -0.05) is 56.4 Å². The second-order valence-corrected chi connectivity index (χ2v) is 6.72. The zero-order chi connectivity index (χ0) is 16.0. The van der Waals surface area contributed by atoms with Crippen molar-refractivity contribution in [3.8, 4) is 0 Å². The molecule has 0 spiro atoms. The Morgan fingerprint density at radius 3 is 2.55 bits per heavy atom. The predicted octanol–water partition coefficient (Wildman–Crippen LogP) is 4.48. The second-order valence-electron chi connectivity index (χ2n) is 6.72. The summed E-state index contributed by atoms with van der Waals surface area (Å²) in [5, 5.41) is 9.31. The Balaban J connectivity index is 1.96. The van der Waals surface area contributed by atoms with Crippen molar-refractivity contribution in [1.82, 2.24) is 0 Å². The molecule has 0 radical (unpaired) electrons. The number of carbonyl (C=O) groups is 1. The fourth-order valence-corrected chi connectivity index (χ4v) is 2.79. The van der Waals surface area contributed by atoms with Crippen molar-refractivity contribution < 1.29 is 14.3 Å². The topological polar surface area (TPSA) is 37.3 Å². The van der Waals surface area contributed by atoms with Crippen molar-refractivity contribution in [2.45, 2.75) is 32.1 Å². The highest BCUT2D eigenvalue weighted by Gasteiger charge is 2.51. The van der Waals surface area contributed by atoms with Gasteiger partial charge in [0.2, 0.25) is 0 Å². The van der Waals surface area contributed by atoms with Crippen LogP contribution in [0.15, 0.2) is 48.6 Å². The van der Waals surface area contributed by atoms with Crippen LogP contribution in [-0.4, -0.2) is 11.1 Å². The van der Waals surface area contributed by atoms with E-state index in [-0.39, 0.29) is 11.2 Å². The number of carboxylic acid groups (broad SMARTS) is 1. The van der Waals surface area contributed by atoms with Crippen molar-refractivity contribution in [2.24, 2.45) is 5.41 Å². The van der Waals surface area contributed by atoms with Gasteiger partial charge >= 0.3 is 5.97 Å². The van der Waals surface area contributed by atoms with E-state index in [0.29, 0.717) is 24.0 Å². The minimum absolute atomic E-state index is 0.0595. The van der Waals surface area contributed by atoms with Crippen molar-refractivity contribution in [3.05, 3.63) is 65.5 Å². The molecule has 0 atom stereocenters. The van der Waals surface area contributed by atoms with Gasteiger partial charge in [-0.2, -0.15) is 0 Å². The average molecular weight is 298 g/mol. The number of carboxylic acids is 1. The number of hydrogen-bond acceptors (Lipinski definition) is 1. The summed E-state index contributed by atoms with van der Waals surface area (Å²) in [6.07, 6.45) is 11.0. The summed E-state index contributed by atoms with van der Waals surface area (Å²) in [4.78, 5) is 11.3. The van der Waals surface area contributed by atoms with E-state index in [2.05, 4.69) is 19.9 Å². The fraction of sp³-hybridized carbons (Fsp3) is 0.316. The smallest absolute Gasteiger partial charge is 0.314 e. The Labute approximate surface area is 129 Å². The van der Waals surface area contributed by atoms with Gasteiger partial charge in [-0.05, 0) is 30.0 Å². The molecule has 0 saturated heterocycles. The van der Waals surface area contributed by atoms with Gasteiger partial charge in [0.1, 0.15) is 5.82 Å². The summed E-state index contributed by atoms with van der Waals surface area (Å²) in [6, 6.07) is 4.81. The first-order chi connectivity index (χ1) is 10.3. The van der Waals surface area contributed by atoms with Gasteiger partial charge in [0.25, 0.3) is 0 Å². The third-order valence-corrected chi connectivity index (χ3v) is 4.49. The Kier molecular flexibility index (Phi) is 3.32. The zero-order valence-corrected chi connectivity index (χ0v) is 12.8. The van der Waals surface area contributed by atoms with Crippen LogP contribution in [0.25, 0.3) is 5.57 Å². The molecule has 0 bridgehead atoms. The third-order valence-electron chi connectivity index (χ3n) is 4.49. The molecule has 1 aromatic rings. The normalized spacial score (nSPS) is 21.1. The molecule has 1 aromatic carbocycles. The molecule has 1 N–H and O–H groups in total. The van der Waals surface area contributed by atoms with E-state index in [4.69, 9.17) is 0 Å². The van der Waals surface area contributed by atoms with E-state index in [1.165, 1.54) is 6.07 Å². The lowest BCUT2D eigenvalue weighted by atomic mass is 9.91. The molecule has 2 aliphatic rings. The predicted molar refractivity (Wildman–Crippen MR) is 85.0 cm³/mol. The van der Waals surface area contributed by atoms with E-state index in [0.717, 1.165) is 5.57 Å². The maximum atomic E-state index is 14.5. The molecule has 1 fully saturated rings. The summed E-state index contributed by atoms with van der Waals surface area (Å²) >= 11 is 0. The molecule has 1 saturated carbocycles. The Morgan fingerprint density at radius 1 is 1.23 bits per heavy atom. The van der Waals surface area contributed by atoms with Gasteiger partial charge in [-0.25, -0.2) is 4.39 Å². The van der Waals surface area contributed by atoms with E-state index in [9.17, 15) is 14.3 Å². The summed E-state index contributed by atoms with van der Waals surface area (Å²) in [6.45, 7) is 4.17. The maximum Gasteiger partial charge on any atom is 0.314 e. The second kappa shape index (κ2) is 4.94. The third kappa shape index (κ3) is 2.52. The Hall–Kier alpha value is -2.16. The molecule has 3 heteroatoms. The quantitative estimate of drug-likeness (QED) is 0.893. The van der Waals surface area contributed by atoms with Gasteiger partial charge in [0, 0.05) is 11.0 Å². The summed E-state index contributed by atoms with van der Waals surface area (Å²) < 4.78 is 14.5. The SMILES string of the molecule is CC1(C)C=CC=C(c2ccc(C3(C(=O)O)CC3)cc2F)C=C1. The highest BCUT2D eigenvalue weighted by atomic mass is 19.1. The van der Waals surface area contributed by atoms with Crippen LogP contribution in [-0.2, 0) is 10.2 Å². The molecule has 2 aliphatic carbocycles. The largest absolute Gasteiger partial charge is 0.481 e. The molecular formula is C19H19FO2. The standard InChI is InChI=1S/C19H19FO2/c1-18(2)8-3-4-13(7-9-18)15-6-5-14(12-16(15)20)19(10-11-19)17(21)22/h3-9,12H,10-11H2,1-2H3,(H,21,22). The molecule has 0 aliphatic heterocycles. The van der Waals surface area contributed by atoms with Crippen LogP contribution in [0.5, 0.6) is 0 Å². The van der Waals surface area contributed by atoms with E-state index >= 15 is 0 Å². The van der Waals surface area contributed by atoms with Crippen LogP contribution in [0.4, 0.5) is 4.39 Å². The molecule has 2 nitrogen and oxygen atoms in total. The van der Waals surface area contributed by atoms with Crippen LogP contribution in [0.2, 0.25) is 0 Å². The fourth-order valence-electron chi connectivity index (χ4n) is 2.79. The minimum atomic E-state index is -0.866. The molecule has 0 amide bonds. The molecule has 114 valence electrons. The summed E-state index contributed by atoms with van der Waals surface area (Å²) in [5.74, 6) is -1.23. The first kappa shape index (κ1) is 14.8.